The summed E-state index contributed by atoms with van der Waals surface area (Å²) in [7, 11) is 0. The fourth-order valence-corrected chi connectivity index (χ4v) is 2.89. The van der Waals surface area contributed by atoms with Crippen LogP contribution < -0.4 is 5.56 Å². The molecule has 0 saturated heterocycles. The van der Waals surface area contributed by atoms with Crippen LogP contribution in [0.5, 0.6) is 0 Å². The van der Waals surface area contributed by atoms with Crippen LogP contribution in [-0.4, -0.2) is 39.4 Å². The molecule has 0 radical (unpaired) electrons. The van der Waals surface area contributed by atoms with Crippen LogP contribution in [0.2, 0.25) is 0 Å². The monoisotopic (exact) mass is 330 g/mol. The van der Waals surface area contributed by atoms with Gasteiger partial charge >= 0.3 is 5.97 Å². The first-order valence-corrected chi connectivity index (χ1v) is 7.96. The molecule has 1 aromatic heterocycles. The maximum atomic E-state index is 12.5. The molecule has 0 aliphatic heterocycles. The molecule has 2 aromatic rings. The summed E-state index contributed by atoms with van der Waals surface area (Å²) in [5.74, 6) is -0.805. The summed E-state index contributed by atoms with van der Waals surface area (Å²) < 4.78 is 6.39. The van der Waals surface area contributed by atoms with E-state index in [0.29, 0.717) is 23.6 Å². The Balaban J connectivity index is 2.01. The fourth-order valence-electron chi connectivity index (χ4n) is 2.89. The number of fused-ring (bicyclic) bond motifs is 1. The van der Waals surface area contributed by atoms with E-state index in [1.54, 1.807) is 24.3 Å². The van der Waals surface area contributed by atoms with Crippen molar-refractivity contribution in [1.82, 2.24) is 9.78 Å². The molecule has 1 saturated carbocycles. The van der Waals surface area contributed by atoms with Gasteiger partial charge in [-0.25, -0.2) is 9.48 Å². The van der Waals surface area contributed by atoms with Gasteiger partial charge in [-0.15, -0.1) is 0 Å². The second-order valence-corrected chi connectivity index (χ2v) is 5.75. The van der Waals surface area contributed by atoms with Crippen LogP contribution in [0.3, 0.4) is 0 Å². The maximum Gasteiger partial charge on any atom is 0.360 e. The van der Waals surface area contributed by atoms with Crippen LogP contribution in [0.4, 0.5) is 0 Å². The van der Waals surface area contributed by atoms with Crippen molar-refractivity contribution in [2.24, 2.45) is 0 Å². The number of hydrogen-bond acceptors (Lipinski definition) is 6. The molecule has 1 fully saturated rings. The molecule has 0 unspecified atom stereocenters. The number of nitrogens with zero attached hydrogens (tertiary/aromatic N) is 2. The second kappa shape index (κ2) is 6.92. The van der Waals surface area contributed by atoms with Crippen molar-refractivity contribution < 1.29 is 19.4 Å². The van der Waals surface area contributed by atoms with Gasteiger partial charge in [0, 0.05) is 11.8 Å². The Kier molecular flexibility index (Phi) is 4.71. The van der Waals surface area contributed by atoms with Crippen LogP contribution in [0.25, 0.3) is 10.8 Å². The van der Waals surface area contributed by atoms with Gasteiger partial charge in [-0.05, 0) is 25.3 Å². The zero-order valence-corrected chi connectivity index (χ0v) is 13.1. The number of carbonyl (C=O) groups excluding carboxylic acids is 2. The Morgan fingerprint density at radius 3 is 2.71 bits per heavy atom. The van der Waals surface area contributed by atoms with Crippen LogP contribution in [-0.2, 0) is 16.1 Å². The zero-order valence-electron chi connectivity index (χ0n) is 13.1. The average Bonchev–Trinajstić information content (AvgIpc) is 2.59. The lowest BCUT2D eigenvalue weighted by molar-refractivity contribution is -0.129. The molecule has 1 atom stereocenters. The summed E-state index contributed by atoms with van der Waals surface area (Å²) >= 11 is 0. The van der Waals surface area contributed by atoms with Crippen LogP contribution in [0, 0.1) is 0 Å². The molecule has 24 heavy (non-hydrogen) atoms. The third-order valence-corrected chi connectivity index (χ3v) is 4.12. The van der Waals surface area contributed by atoms with E-state index in [4.69, 9.17) is 9.84 Å². The molecule has 0 spiro atoms. The number of ether oxygens (including phenoxy) is 1. The molecule has 1 N–H and O–H groups in total. The molecule has 1 heterocycles. The summed E-state index contributed by atoms with van der Waals surface area (Å²) in [6.07, 6.45) is 1.83. The highest BCUT2D eigenvalue weighted by atomic mass is 16.5. The first-order chi connectivity index (χ1) is 11.6. The highest BCUT2D eigenvalue weighted by molar-refractivity contribution is 6.03. The van der Waals surface area contributed by atoms with E-state index in [1.807, 2.05) is 0 Å². The SMILES string of the molecule is O=C(O[C@@H]1CCCCC1=O)c1nn(CCO)c(=O)c2ccccc12. The lowest BCUT2D eigenvalue weighted by Gasteiger charge is -2.20. The predicted octanol–water partition coefficient (Wildman–Crippen LogP) is 1.06. The van der Waals surface area contributed by atoms with Crippen molar-refractivity contribution in [3.05, 3.63) is 40.3 Å². The van der Waals surface area contributed by atoms with E-state index < -0.39 is 12.1 Å². The minimum atomic E-state index is -0.745. The van der Waals surface area contributed by atoms with Crippen molar-refractivity contribution in [2.75, 3.05) is 6.61 Å². The third kappa shape index (κ3) is 3.07. The topological polar surface area (TPSA) is 98.5 Å². The minimum absolute atomic E-state index is 0.0166. The van der Waals surface area contributed by atoms with Crippen molar-refractivity contribution in [2.45, 2.75) is 38.3 Å². The molecule has 1 aromatic carbocycles. The van der Waals surface area contributed by atoms with Crippen LogP contribution in [0.1, 0.15) is 36.2 Å². The van der Waals surface area contributed by atoms with E-state index in [0.717, 1.165) is 17.5 Å². The number of esters is 1. The van der Waals surface area contributed by atoms with Gasteiger partial charge in [-0.3, -0.25) is 9.59 Å². The summed E-state index contributed by atoms with van der Waals surface area (Å²) in [6, 6.07) is 6.59. The molecule has 0 amide bonds. The van der Waals surface area contributed by atoms with Crippen molar-refractivity contribution in [3.63, 3.8) is 0 Å². The molecular formula is C17H18N2O5. The predicted molar refractivity (Wildman–Crippen MR) is 85.8 cm³/mol. The van der Waals surface area contributed by atoms with E-state index in [-0.39, 0.29) is 30.2 Å². The number of carbonyl (C=O) groups is 2. The lowest BCUT2D eigenvalue weighted by Crippen LogP contribution is -2.32. The highest BCUT2D eigenvalue weighted by Crippen LogP contribution is 2.20. The first-order valence-electron chi connectivity index (χ1n) is 7.96. The van der Waals surface area contributed by atoms with Crippen molar-refractivity contribution in [1.29, 1.82) is 0 Å². The highest BCUT2D eigenvalue weighted by Gasteiger charge is 2.28. The summed E-state index contributed by atoms with van der Waals surface area (Å²) in [5, 5.41) is 13.8. The molecule has 7 nitrogen and oxygen atoms in total. The summed E-state index contributed by atoms with van der Waals surface area (Å²) in [5.41, 5.74) is -0.401. The Bertz CT molecular complexity index is 842. The number of Topliss-reactive ketones (excluding diaryl/α,β-unsaturated/α-hetero) is 1. The summed E-state index contributed by atoms with van der Waals surface area (Å²) in [4.78, 5) is 36.7. The largest absolute Gasteiger partial charge is 0.450 e. The molecule has 3 rings (SSSR count). The maximum absolute atomic E-state index is 12.5. The third-order valence-electron chi connectivity index (χ3n) is 4.12. The van der Waals surface area contributed by atoms with Crippen molar-refractivity contribution >= 4 is 22.5 Å². The summed E-state index contributed by atoms with van der Waals surface area (Å²) in [6.45, 7) is -0.298. The van der Waals surface area contributed by atoms with Crippen LogP contribution >= 0.6 is 0 Å². The number of aliphatic hydroxyl groups is 1. The van der Waals surface area contributed by atoms with Gasteiger partial charge in [0.1, 0.15) is 0 Å². The number of hydrogen-bond donors (Lipinski definition) is 1. The number of benzene rings is 1. The van der Waals surface area contributed by atoms with Gasteiger partial charge in [-0.2, -0.15) is 5.10 Å². The van der Waals surface area contributed by atoms with Gasteiger partial charge in [-0.1, -0.05) is 18.2 Å². The fraction of sp³-hybridized carbons (Fsp3) is 0.412. The molecule has 1 aliphatic carbocycles. The average molecular weight is 330 g/mol. The van der Waals surface area contributed by atoms with Gasteiger partial charge < -0.3 is 9.84 Å². The smallest absolute Gasteiger partial charge is 0.360 e. The molecule has 1 aliphatic rings. The van der Waals surface area contributed by atoms with Gasteiger partial charge in [0.25, 0.3) is 5.56 Å². The Labute approximate surface area is 137 Å². The number of rotatable bonds is 4. The first kappa shape index (κ1) is 16.3. The Morgan fingerprint density at radius 1 is 1.25 bits per heavy atom. The normalized spacial score (nSPS) is 17.9. The Morgan fingerprint density at radius 2 is 2.00 bits per heavy atom. The van der Waals surface area contributed by atoms with E-state index in [1.165, 1.54) is 0 Å². The van der Waals surface area contributed by atoms with Gasteiger partial charge in [0.15, 0.2) is 17.6 Å². The number of ketones is 1. The quantitative estimate of drug-likeness (QED) is 0.842. The lowest BCUT2D eigenvalue weighted by atomic mass is 9.96. The molecule has 126 valence electrons. The Hall–Kier alpha value is -2.54. The van der Waals surface area contributed by atoms with Crippen LogP contribution in [0.15, 0.2) is 29.1 Å². The zero-order chi connectivity index (χ0) is 17.1. The second-order valence-electron chi connectivity index (χ2n) is 5.75. The molecule has 0 bridgehead atoms. The van der Waals surface area contributed by atoms with E-state index >= 15 is 0 Å². The molecule has 7 heteroatoms. The minimum Gasteiger partial charge on any atom is -0.450 e. The number of aliphatic hydroxyl groups excluding tert-OH is 1. The van der Waals surface area contributed by atoms with E-state index in [2.05, 4.69) is 5.10 Å². The standard InChI is InChI=1S/C17H18N2O5/c20-10-9-19-16(22)12-6-2-1-5-11(12)15(18-19)17(23)24-14-8-4-3-7-13(14)21/h1-2,5-6,14,20H,3-4,7-10H2/t14-/m1/s1. The van der Waals surface area contributed by atoms with Crippen molar-refractivity contribution in [3.8, 4) is 0 Å². The van der Waals surface area contributed by atoms with Gasteiger partial charge in [0.05, 0.1) is 18.5 Å². The number of aromatic nitrogens is 2. The van der Waals surface area contributed by atoms with Gasteiger partial charge in [0.2, 0.25) is 0 Å². The van der Waals surface area contributed by atoms with E-state index in [9.17, 15) is 14.4 Å². The molecular weight excluding hydrogens is 312 g/mol.